The Morgan fingerprint density at radius 1 is 1.19 bits per heavy atom. The highest BCUT2D eigenvalue weighted by Crippen LogP contribution is 2.17. The Morgan fingerprint density at radius 2 is 1.81 bits per heavy atom. The summed E-state index contributed by atoms with van der Waals surface area (Å²) in [5.41, 5.74) is 12.8. The van der Waals surface area contributed by atoms with Crippen LogP contribution in [0.4, 0.5) is 5.69 Å². The van der Waals surface area contributed by atoms with Gasteiger partial charge in [0.25, 0.3) is 0 Å². The van der Waals surface area contributed by atoms with E-state index in [0.29, 0.717) is 31.4 Å². The summed E-state index contributed by atoms with van der Waals surface area (Å²) >= 11 is 0. The van der Waals surface area contributed by atoms with E-state index >= 15 is 0 Å². The first-order valence-electron chi connectivity index (χ1n) is 7.21. The molecule has 0 bridgehead atoms. The van der Waals surface area contributed by atoms with Crippen molar-refractivity contribution < 1.29 is 14.3 Å². The van der Waals surface area contributed by atoms with E-state index in [-0.39, 0.29) is 23.9 Å². The van der Waals surface area contributed by atoms with Gasteiger partial charge in [-0.1, -0.05) is 12.1 Å². The fourth-order valence-corrected chi connectivity index (χ4v) is 2.10. The molecule has 1 rings (SSSR count). The van der Waals surface area contributed by atoms with Crippen molar-refractivity contribution in [3.63, 3.8) is 0 Å². The van der Waals surface area contributed by atoms with E-state index in [1.807, 2.05) is 26.0 Å². The van der Waals surface area contributed by atoms with E-state index in [4.69, 9.17) is 16.2 Å². The molecular formula is C16H24N2O3. The number of carbonyl (C=O) groups is 2. The van der Waals surface area contributed by atoms with Gasteiger partial charge in [-0.25, -0.2) is 0 Å². The number of nitrogens with two attached hydrogens (primary N) is 2. The van der Waals surface area contributed by atoms with Gasteiger partial charge in [0.2, 0.25) is 5.91 Å². The molecule has 0 saturated heterocycles. The van der Waals surface area contributed by atoms with E-state index in [0.717, 1.165) is 5.56 Å². The number of esters is 1. The normalized spacial score (nSPS) is 12.1. The molecule has 0 fully saturated rings. The average molecular weight is 292 g/mol. The largest absolute Gasteiger partial charge is 0.463 e. The number of ether oxygens (including phenoxy) is 1. The van der Waals surface area contributed by atoms with Gasteiger partial charge in [-0.2, -0.15) is 0 Å². The third kappa shape index (κ3) is 6.79. The van der Waals surface area contributed by atoms with Crippen LogP contribution in [0.5, 0.6) is 0 Å². The monoisotopic (exact) mass is 292 g/mol. The van der Waals surface area contributed by atoms with Crippen molar-refractivity contribution in [2.24, 2.45) is 11.7 Å². The molecule has 1 amide bonds. The lowest BCUT2D eigenvalue weighted by Crippen LogP contribution is -2.25. The molecule has 0 saturated carbocycles. The Labute approximate surface area is 125 Å². The molecule has 1 aromatic rings. The molecule has 21 heavy (non-hydrogen) atoms. The van der Waals surface area contributed by atoms with Crippen LogP contribution in [0, 0.1) is 5.92 Å². The number of benzene rings is 1. The summed E-state index contributed by atoms with van der Waals surface area (Å²) in [6.07, 6.45) is 1.93. The van der Waals surface area contributed by atoms with Crippen LogP contribution in [0.2, 0.25) is 0 Å². The van der Waals surface area contributed by atoms with E-state index in [9.17, 15) is 9.59 Å². The van der Waals surface area contributed by atoms with E-state index in [1.54, 1.807) is 12.1 Å². The summed E-state index contributed by atoms with van der Waals surface area (Å²) in [6, 6.07) is 7.37. The number of amides is 1. The van der Waals surface area contributed by atoms with E-state index < -0.39 is 0 Å². The van der Waals surface area contributed by atoms with Crippen molar-refractivity contribution in [3.05, 3.63) is 29.8 Å². The molecule has 1 aromatic carbocycles. The quantitative estimate of drug-likeness (QED) is 0.566. The Balaban J connectivity index is 2.45. The van der Waals surface area contributed by atoms with Gasteiger partial charge < -0.3 is 16.2 Å². The zero-order valence-electron chi connectivity index (χ0n) is 12.7. The predicted octanol–water partition coefficient (Wildman–Crippen LogP) is 2.03. The summed E-state index contributed by atoms with van der Waals surface area (Å²) in [5.74, 6) is -0.856. The molecule has 1 atom stereocenters. The molecule has 4 N–H and O–H groups in total. The van der Waals surface area contributed by atoms with Crippen molar-refractivity contribution >= 4 is 17.6 Å². The third-order valence-corrected chi connectivity index (χ3v) is 3.16. The first kappa shape index (κ1) is 17.0. The second-order valence-corrected chi connectivity index (χ2v) is 5.48. The highest BCUT2D eigenvalue weighted by Gasteiger charge is 2.17. The Hall–Kier alpha value is -2.04. The zero-order valence-corrected chi connectivity index (χ0v) is 12.7. The van der Waals surface area contributed by atoms with Gasteiger partial charge in [0, 0.05) is 18.0 Å². The molecule has 0 aliphatic heterocycles. The maximum Gasteiger partial charge on any atom is 0.306 e. The first-order chi connectivity index (χ1) is 9.88. The second kappa shape index (κ2) is 8.29. The van der Waals surface area contributed by atoms with Crippen molar-refractivity contribution in [3.8, 4) is 0 Å². The number of hydrogen-bond donors (Lipinski definition) is 2. The molecule has 0 aliphatic rings. The van der Waals surface area contributed by atoms with Gasteiger partial charge in [0.15, 0.2) is 0 Å². The Bertz CT molecular complexity index is 469. The standard InChI is InChI=1S/C16H24N2O3/c1-11(2)21-15(19)5-3-4-13(16(18)20)10-12-6-8-14(17)9-7-12/h6-9,11,13H,3-5,10,17H2,1-2H3,(H2,18,20). The molecule has 5 heteroatoms. The summed E-state index contributed by atoms with van der Waals surface area (Å²) < 4.78 is 5.05. The molecule has 0 aliphatic carbocycles. The van der Waals surface area contributed by atoms with Crippen molar-refractivity contribution in [2.75, 3.05) is 5.73 Å². The SMILES string of the molecule is CC(C)OC(=O)CCCC(Cc1ccc(N)cc1)C(N)=O. The van der Waals surface area contributed by atoms with E-state index in [2.05, 4.69) is 0 Å². The topological polar surface area (TPSA) is 95.4 Å². The number of primary amides is 1. The van der Waals surface area contributed by atoms with Crippen molar-refractivity contribution in [1.82, 2.24) is 0 Å². The maximum absolute atomic E-state index is 11.5. The molecule has 0 heterocycles. The molecule has 1 unspecified atom stereocenters. The highest BCUT2D eigenvalue weighted by atomic mass is 16.5. The lowest BCUT2D eigenvalue weighted by Gasteiger charge is -2.14. The lowest BCUT2D eigenvalue weighted by molar-refractivity contribution is -0.147. The second-order valence-electron chi connectivity index (χ2n) is 5.48. The van der Waals surface area contributed by atoms with Crippen molar-refractivity contribution in [1.29, 1.82) is 0 Å². The van der Waals surface area contributed by atoms with Gasteiger partial charge in [0.1, 0.15) is 0 Å². The van der Waals surface area contributed by atoms with Gasteiger partial charge in [-0.3, -0.25) is 9.59 Å². The summed E-state index contributed by atoms with van der Waals surface area (Å²) in [6.45, 7) is 3.62. The Morgan fingerprint density at radius 3 is 2.33 bits per heavy atom. The fourth-order valence-electron chi connectivity index (χ4n) is 2.10. The summed E-state index contributed by atoms with van der Waals surface area (Å²) in [7, 11) is 0. The molecular weight excluding hydrogens is 268 g/mol. The minimum absolute atomic E-state index is 0.112. The number of hydrogen-bond acceptors (Lipinski definition) is 4. The predicted molar refractivity (Wildman–Crippen MR) is 82.3 cm³/mol. The molecule has 0 spiro atoms. The average Bonchev–Trinajstić information content (AvgIpc) is 2.39. The minimum Gasteiger partial charge on any atom is -0.463 e. The van der Waals surface area contributed by atoms with Crippen LogP contribution >= 0.6 is 0 Å². The van der Waals surface area contributed by atoms with Crippen LogP contribution in [-0.4, -0.2) is 18.0 Å². The molecule has 116 valence electrons. The van der Waals surface area contributed by atoms with Gasteiger partial charge in [-0.05, 0) is 50.8 Å². The number of anilines is 1. The van der Waals surface area contributed by atoms with Crippen LogP contribution in [0.3, 0.4) is 0 Å². The third-order valence-electron chi connectivity index (χ3n) is 3.16. The van der Waals surface area contributed by atoms with Crippen LogP contribution in [0.1, 0.15) is 38.7 Å². The maximum atomic E-state index is 11.5. The smallest absolute Gasteiger partial charge is 0.306 e. The van der Waals surface area contributed by atoms with Gasteiger partial charge in [0.05, 0.1) is 6.10 Å². The fraction of sp³-hybridized carbons (Fsp3) is 0.500. The summed E-state index contributed by atoms with van der Waals surface area (Å²) in [4.78, 5) is 23.0. The first-order valence-corrected chi connectivity index (χ1v) is 7.21. The number of nitrogen functional groups attached to an aromatic ring is 1. The highest BCUT2D eigenvalue weighted by molar-refractivity contribution is 5.77. The van der Waals surface area contributed by atoms with Gasteiger partial charge >= 0.3 is 5.97 Å². The van der Waals surface area contributed by atoms with Crippen molar-refractivity contribution in [2.45, 2.75) is 45.6 Å². The number of rotatable bonds is 8. The zero-order chi connectivity index (χ0) is 15.8. The Kier molecular flexibility index (Phi) is 6.72. The van der Waals surface area contributed by atoms with Gasteiger partial charge in [-0.15, -0.1) is 0 Å². The number of carbonyl (C=O) groups excluding carboxylic acids is 2. The lowest BCUT2D eigenvalue weighted by atomic mass is 9.93. The minimum atomic E-state index is -0.343. The van der Waals surface area contributed by atoms with Crippen LogP contribution in [0.25, 0.3) is 0 Å². The van der Waals surface area contributed by atoms with Crippen LogP contribution < -0.4 is 11.5 Å². The van der Waals surface area contributed by atoms with E-state index in [1.165, 1.54) is 0 Å². The van der Waals surface area contributed by atoms with Crippen LogP contribution in [-0.2, 0) is 20.7 Å². The molecule has 0 aromatic heterocycles. The molecule has 0 radical (unpaired) electrons. The van der Waals surface area contributed by atoms with Crippen LogP contribution in [0.15, 0.2) is 24.3 Å². The molecule has 5 nitrogen and oxygen atoms in total. The summed E-state index contributed by atoms with van der Waals surface area (Å²) in [5, 5.41) is 0.